The first-order chi connectivity index (χ1) is 4.13. The summed E-state index contributed by atoms with van der Waals surface area (Å²) in [6, 6.07) is 0. The summed E-state index contributed by atoms with van der Waals surface area (Å²) in [4.78, 5) is 10.6. The van der Waals surface area contributed by atoms with Crippen LogP contribution in [0.4, 0.5) is 0 Å². The zero-order valence-electron chi connectivity index (χ0n) is 5.30. The Kier molecular flexibility index (Phi) is 1.20. The molecule has 0 N–H and O–H groups in total. The number of Topliss-reactive ketones (excluding diaryl/α,β-unsaturated/α-hetero) is 1. The third-order valence-corrected chi connectivity index (χ3v) is 1.27. The normalized spacial score (nSPS) is 26.9. The molecular weight excluding hydrogens is 120 g/mol. The zero-order chi connectivity index (χ0) is 7.02. The Bertz CT molecular complexity index is 181. The first-order valence-corrected chi connectivity index (χ1v) is 2.71. The van der Waals surface area contributed by atoms with Crippen molar-refractivity contribution in [3.8, 4) is 0 Å². The molecule has 3 heteroatoms. The third-order valence-electron chi connectivity index (χ3n) is 1.27. The van der Waals surface area contributed by atoms with Gasteiger partial charge in [0.25, 0.3) is 5.76 Å². The van der Waals surface area contributed by atoms with Gasteiger partial charge < -0.3 is 4.74 Å². The fourth-order valence-electron chi connectivity index (χ4n) is 0.730. The Balaban J connectivity index is 2.87. The fourth-order valence-corrected chi connectivity index (χ4v) is 0.730. The summed E-state index contributed by atoms with van der Waals surface area (Å²) in [5, 5.41) is 10.6. The van der Waals surface area contributed by atoms with Gasteiger partial charge >= 0.3 is 0 Å². The monoisotopic (exact) mass is 127 g/mol. The molecular formula is C6H7O3. The largest absolute Gasteiger partial charge is 0.483 e. The number of ether oxygens (including phenoxy) is 1. The lowest BCUT2D eigenvalue weighted by molar-refractivity contribution is -0.123. The van der Waals surface area contributed by atoms with Crippen LogP contribution < -0.4 is 0 Å². The van der Waals surface area contributed by atoms with Crippen LogP contribution in [0.25, 0.3) is 0 Å². The van der Waals surface area contributed by atoms with Crippen LogP contribution >= 0.6 is 0 Å². The number of allylic oxidation sites excluding steroid dienone is 1. The van der Waals surface area contributed by atoms with Crippen molar-refractivity contribution in [3.63, 3.8) is 0 Å². The van der Waals surface area contributed by atoms with Gasteiger partial charge in [0, 0.05) is 0 Å². The molecule has 3 nitrogen and oxygen atoms in total. The summed E-state index contributed by atoms with van der Waals surface area (Å²) in [6.07, 6.45) is -0.558. The van der Waals surface area contributed by atoms with Crippen LogP contribution in [0.15, 0.2) is 11.5 Å². The Morgan fingerprint density at radius 2 is 2.11 bits per heavy atom. The maximum absolute atomic E-state index is 10.6. The third kappa shape index (κ3) is 0.781. The van der Waals surface area contributed by atoms with Gasteiger partial charge in [0.15, 0.2) is 6.10 Å². The van der Waals surface area contributed by atoms with Gasteiger partial charge in [-0.25, -0.2) is 0 Å². The van der Waals surface area contributed by atoms with E-state index in [1.807, 2.05) is 0 Å². The lowest BCUT2D eigenvalue weighted by Gasteiger charge is -1.99. The van der Waals surface area contributed by atoms with Crippen molar-refractivity contribution in [2.24, 2.45) is 0 Å². The van der Waals surface area contributed by atoms with Crippen molar-refractivity contribution in [3.05, 3.63) is 11.5 Å². The molecule has 0 bridgehead atoms. The highest BCUT2D eigenvalue weighted by Gasteiger charge is 2.30. The molecule has 1 heterocycles. The summed E-state index contributed by atoms with van der Waals surface area (Å²) >= 11 is 0. The molecule has 1 atom stereocenters. The maximum atomic E-state index is 10.6. The Labute approximate surface area is 52.9 Å². The predicted octanol–water partition coefficient (Wildman–Crippen LogP) is 0.636. The average molecular weight is 127 g/mol. The number of carbonyl (C=O) groups is 1. The minimum absolute atomic E-state index is 0.215. The lowest BCUT2D eigenvalue weighted by Crippen LogP contribution is -2.12. The van der Waals surface area contributed by atoms with Crippen molar-refractivity contribution < 1.29 is 14.6 Å². The molecule has 0 aromatic carbocycles. The van der Waals surface area contributed by atoms with Crippen molar-refractivity contribution >= 4 is 5.78 Å². The minimum Gasteiger partial charge on any atom is -0.483 e. The van der Waals surface area contributed by atoms with Crippen LogP contribution in [0.3, 0.4) is 0 Å². The highest BCUT2D eigenvalue weighted by molar-refractivity contribution is 5.98. The minimum atomic E-state index is -0.558. The molecule has 1 aliphatic heterocycles. The Morgan fingerprint density at radius 3 is 2.22 bits per heavy atom. The van der Waals surface area contributed by atoms with Crippen molar-refractivity contribution in [2.75, 3.05) is 0 Å². The van der Waals surface area contributed by atoms with Crippen LogP contribution in [-0.2, 0) is 14.6 Å². The van der Waals surface area contributed by atoms with Crippen molar-refractivity contribution in [1.82, 2.24) is 0 Å². The molecule has 0 saturated heterocycles. The summed E-state index contributed by atoms with van der Waals surface area (Å²) < 4.78 is 4.80. The second kappa shape index (κ2) is 1.76. The van der Waals surface area contributed by atoms with E-state index in [-0.39, 0.29) is 5.76 Å². The van der Waals surface area contributed by atoms with Crippen LogP contribution in [0.5, 0.6) is 0 Å². The van der Waals surface area contributed by atoms with Gasteiger partial charge in [0.05, 0.1) is 0 Å². The molecule has 1 aliphatic rings. The van der Waals surface area contributed by atoms with Gasteiger partial charge in [-0.15, -0.1) is 0 Å². The van der Waals surface area contributed by atoms with Crippen LogP contribution in [-0.4, -0.2) is 11.9 Å². The van der Waals surface area contributed by atoms with Crippen LogP contribution in [0.1, 0.15) is 13.8 Å². The highest BCUT2D eigenvalue weighted by Crippen LogP contribution is 2.18. The van der Waals surface area contributed by atoms with Gasteiger partial charge in [-0.3, -0.25) is 9.90 Å². The van der Waals surface area contributed by atoms with Crippen LogP contribution in [0.2, 0.25) is 0 Å². The number of ketones is 1. The summed E-state index contributed by atoms with van der Waals surface area (Å²) in [7, 11) is 0. The molecule has 0 amide bonds. The predicted molar refractivity (Wildman–Crippen MR) is 28.9 cm³/mol. The molecule has 0 saturated carbocycles. The second-order valence-corrected chi connectivity index (χ2v) is 2.01. The van der Waals surface area contributed by atoms with E-state index in [4.69, 9.17) is 4.74 Å². The first-order valence-electron chi connectivity index (χ1n) is 2.71. The van der Waals surface area contributed by atoms with Crippen molar-refractivity contribution in [2.45, 2.75) is 20.0 Å². The van der Waals surface area contributed by atoms with E-state index in [2.05, 4.69) is 0 Å². The first kappa shape index (κ1) is 6.13. The summed E-state index contributed by atoms with van der Waals surface area (Å²) in [6.45, 7) is 3.07. The highest BCUT2D eigenvalue weighted by atomic mass is 16.5. The molecule has 1 radical (unpaired) electrons. The van der Waals surface area contributed by atoms with E-state index in [9.17, 15) is 9.90 Å². The maximum Gasteiger partial charge on any atom is 0.262 e. The average Bonchev–Trinajstić information content (AvgIpc) is 1.98. The molecule has 0 spiro atoms. The van der Waals surface area contributed by atoms with E-state index in [1.165, 1.54) is 6.92 Å². The van der Waals surface area contributed by atoms with Gasteiger partial charge in [-0.05, 0) is 13.8 Å². The molecule has 9 heavy (non-hydrogen) atoms. The van der Waals surface area contributed by atoms with E-state index in [0.717, 1.165) is 0 Å². The smallest absolute Gasteiger partial charge is 0.262 e. The number of hydrogen-bond donors (Lipinski definition) is 0. The van der Waals surface area contributed by atoms with E-state index < -0.39 is 17.6 Å². The second-order valence-electron chi connectivity index (χ2n) is 2.01. The number of carbonyl (C=O) groups excluding carboxylic acids is 1. The quantitative estimate of drug-likeness (QED) is 0.479. The molecule has 0 aromatic rings. The van der Waals surface area contributed by atoms with Crippen molar-refractivity contribution in [1.29, 1.82) is 0 Å². The fraction of sp³-hybridized carbons (Fsp3) is 0.500. The van der Waals surface area contributed by atoms with Gasteiger partial charge in [0.1, 0.15) is 5.76 Å². The standard InChI is InChI=1S/C6H7O3/c1-3-5(7)6(8)4(2)9-3/h3H,1-2H3. The van der Waals surface area contributed by atoms with E-state index in [1.54, 1.807) is 6.92 Å². The molecule has 1 rings (SSSR count). The van der Waals surface area contributed by atoms with Gasteiger partial charge in [0.2, 0.25) is 5.78 Å². The number of rotatable bonds is 0. The molecule has 0 aromatic heterocycles. The lowest BCUT2D eigenvalue weighted by atomic mass is 10.2. The molecule has 0 fully saturated rings. The topological polar surface area (TPSA) is 46.2 Å². The zero-order valence-corrected chi connectivity index (χ0v) is 5.30. The molecule has 0 aliphatic carbocycles. The summed E-state index contributed by atoms with van der Waals surface area (Å²) in [5.41, 5.74) is 0. The van der Waals surface area contributed by atoms with E-state index in [0.29, 0.717) is 0 Å². The Morgan fingerprint density at radius 1 is 1.56 bits per heavy atom. The Hall–Kier alpha value is -0.990. The molecule has 1 unspecified atom stereocenters. The number of hydrogen-bond acceptors (Lipinski definition) is 2. The van der Waals surface area contributed by atoms with E-state index >= 15 is 0 Å². The summed E-state index contributed by atoms with van der Waals surface area (Å²) in [5.74, 6) is -0.706. The molecule has 49 valence electrons. The van der Waals surface area contributed by atoms with Crippen LogP contribution in [0, 0.1) is 0 Å². The SMILES string of the molecule is CC1=C([O])C(=O)C(C)O1. The van der Waals surface area contributed by atoms with Gasteiger partial charge in [-0.2, -0.15) is 0 Å². The van der Waals surface area contributed by atoms with Gasteiger partial charge in [-0.1, -0.05) is 0 Å².